The Kier molecular flexibility index (Phi) is 7.66. The highest BCUT2D eigenvalue weighted by molar-refractivity contribution is 7.98. The van der Waals surface area contributed by atoms with Crippen LogP contribution in [-0.4, -0.2) is 35.3 Å². The van der Waals surface area contributed by atoms with Gasteiger partial charge in [0.05, 0.1) is 16.9 Å². The molecule has 1 heterocycles. The van der Waals surface area contributed by atoms with E-state index >= 15 is 0 Å². The number of para-hydroxylation sites is 1. The number of nitrogens with zero attached hydrogens (tertiary/aromatic N) is 1. The molecule has 0 aliphatic heterocycles. The molecule has 2 rings (SSSR count). The number of halogens is 3. The fraction of sp³-hybridized carbons (Fsp3) is 0.278. The van der Waals surface area contributed by atoms with Gasteiger partial charge in [-0.05, 0) is 24.3 Å². The molecule has 0 saturated heterocycles. The SMILES string of the molecule is O=C(CCSCc1ccccn1)Nc1ccccc1C(=O)NCC(F)(F)F. The number of carbonyl (C=O) groups excluding carboxylic acids is 2. The summed E-state index contributed by atoms with van der Waals surface area (Å²) in [5, 5.41) is 4.37. The number of benzene rings is 1. The second-order valence-corrected chi connectivity index (χ2v) is 6.62. The molecule has 0 saturated carbocycles. The Morgan fingerprint density at radius 2 is 1.81 bits per heavy atom. The summed E-state index contributed by atoms with van der Waals surface area (Å²) < 4.78 is 36.7. The van der Waals surface area contributed by atoms with E-state index in [1.807, 2.05) is 18.2 Å². The fourth-order valence-electron chi connectivity index (χ4n) is 2.10. The van der Waals surface area contributed by atoms with Crippen molar-refractivity contribution in [3.05, 3.63) is 59.9 Å². The van der Waals surface area contributed by atoms with E-state index in [4.69, 9.17) is 0 Å². The van der Waals surface area contributed by atoms with Gasteiger partial charge in [-0.3, -0.25) is 14.6 Å². The minimum absolute atomic E-state index is 0.0174. The van der Waals surface area contributed by atoms with Crippen LogP contribution < -0.4 is 10.6 Å². The Morgan fingerprint density at radius 3 is 2.52 bits per heavy atom. The average molecular weight is 397 g/mol. The quantitative estimate of drug-likeness (QED) is 0.668. The first-order valence-corrected chi connectivity index (χ1v) is 9.22. The zero-order chi connectivity index (χ0) is 19.7. The molecule has 5 nitrogen and oxygen atoms in total. The molecule has 0 radical (unpaired) electrons. The first kappa shape index (κ1) is 20.8. The van der Waals surface area contributed by atoms with Crippen molar-refractivity contribution in [1.82, 2.24) is 10.3 Å². The summed E-state index contributed by atoms with van der Waals surface area (Å²) in [5.74, 6) is 0.00224. The number of alkyl halides is 3. The summed E-state index contributed by atoms with van der Waals surface area (Å²) in [7, 11) is 0. The predicted octanol–water partition coefficient (Wildman–Crippen LogP) is 3.64. The summed E-state index contributed by atoms with van der Waals surface area (Å²) in [6, 6.07) is 11.5. The summed E-state index contributed by atoms with van der Waals surface area (Å²) >= 11 is 1.54. The molecule has 9 heteroatoms. The van der Waals surface area contributed by atoms with Crippen molar-refractivity contribution >= 4 is 29.3 Å². The Labute approximate surface area is 158 Å². The van der Waals surface area contributed by atoms with Crippen LogP contribution in [0.2, 0.25) is 0 Å². The third-order valence-electron chi connectivity index (χ3n) is 3.34. The number of thioether (sulfide) groups is 1. The molecule has 0 atom stereocenters. The highest BCUT2D eigenvalue weighted by Gasteiger charge is 2.28. The number of amides is 2. The van der Waals surface area contributed by atoms with Gasteiger partial charge in [-0.25, -0.2) is 0 Å². The van der Waals surface area contributed by atoms with Crippen molar-refractivity contribution in [1.29, 1.82) is 0 Å². The van der Waals surface area contributed by atoms with Crippen LogP contribution in [-0.2, 0) is 10.5 Å². The first-order valence-electron chi connectivity index (χ1n) is 8.06. The van der Waals surface area contributed by atoms with Crippen LogP contribution in [0.5, 0.6) is 0 Å². The van der Waals surface area contributed by atoms with E-state index in [0.717, 1.165) is 5.69 Å². The smallest absolute Gasteiger partial charge is 0.343 e. The Hall–Kier alpha value is -2.55. The van der Waals surface area contributed by atoms with Crippen molar-refractivity contribution in [3.63, 3.8) is 0 Å². The van der Waals surface area contributed by atoms with E-state index in [9.17, 15) is 22.8 Å². The zero-order valence-electron chi connectivity index (χ0n) is 14.3. The zero-order valence-corrected chi connectivity index (χ0v) is 15.1. The molecule has 2 amide bonds. The number of hydrogen-bond acceptors (Lipinski definition) is 4. The molecule has 0 aliphatic carbocycles. The van der Waals surface area contributed by atoms with Gasteiger partial charge in [0.25, 0.3) is 5.91 Å². The lowest BCUT2D eigenvalue weighted by Crippen LogP contribution is -2.34. The molecule has 0 fully saturated rings. The van der Waals surface area contributed by atoms with Crippen molar-refractivity contribution in [3.8, 4) is 0 Å². The van der Waals surface area contributed by atoms with Gasteiger partial charge in [0.15, 0.2) is 0 Å². The molecule has 2 aromatic rings. The van der Waals surface area contributed by atoms with E-state index in [1.54, 1.807) is 17.6 Å². The lowest BCUT2D eigenvalue weighted by atomic mass is 10.1. The van der Waals surface area contributed by atoms with Crippen LogP contribution in [0.3, 0.4) is 0 Å². The third kappa shape index (κ3) is 7.69. The number of nitrogens with one attached hydrogen (secondary N) is 2. The van der Waals surface area contributed by atoms with Gasteiger partial charge in [-0.15, -0.1) is 0 Å². The molecule has 1 aromatic carbocycles. The highest BCUT2D eigenvalue weighted by atomic mass is 32.2. The molecular weight excluding hydrogens is 379 g/mol. The molecule has 0 aliphatic rings. The first-order chi connectivity index (χ1) is 12.8. The summed E-state index contributed by atoms with van der Waals surface area (Å²) in [6.45, 7) is -1.43. The summed E-state index contributed by atoms with van der Waals surface area (Å²) in [6.07, 6.45) is -2.60. The summed E-state index contributed by atoms with van der Waals surface area (Å²) in [4.78, 5) is 28.2. The van der Waals surface area contributed by atoms with Gasteiger partial charge in [0.1, 0.15) is 6.54 Å². The van der Waals surface area contributed by atoms with Crippen molar-refractivity contribution < 1.29 is 22.8 Å². The van der Waals surface area contributed by atoms with E-state index in [1.165, 1.54) is 30.0 Å². The number of anilines is 1. The van der Waals surface area contributed by atoms with Gasteiger partial charge >= 0.3 is 6.18 Å². The molecule has 0 spiro atoms. The molecular formula is C18H18F3N3O2S. The van der Waals surface area contributed by atoms with Gasteiger partial charge in [-0.1, -0.05) is 18.2 Å². The molecule has 144 valence electrons. The van der Waals surface area contributed by atoms with Gasteiger partial charge in [-0.2, -0.15) is 24.9 Å². The topological polar surface area (TPSA) is 71.1 Å². The van der Waals surface area contributed by atoms with Gasteiger partial charge < -0.3 is 10.6 Å². The summed E-state index contributed by atoms with van der Waals surface area (Å²) in [5.41, 5.74) is 1.07. The van der Waals surface area contributed by atoms with Crippen LogP contribution in [0.4, 0.5) is 18.9 Å². The van der Waals surface area contributed by atoms with Crippen LogP contribution in [0.25, 0.3) is 0 Å². The Balaban J connectivity index is 1.83. The van der Waals surface area contributed by atoms with E-state index in [-0.39, 0.29) is 23.6 Å². The maximum atomic E-state index is 12.2. The molecule has 1 aromatic heterocycles. The van der Waals surface area contributed by atoms with Crippen molar-refractivity contribution in [2.75, 3.05) is 17.6 Å². The molecule has 27 heavy (non-hydrogen) atoms. The molecule has 2 N–H and O–H groups in total. The number of rotatable bonds is 8. The van der Waals surface area contributed by atoms with Crippen LogP contribution in [0.15, 0.2) is 48.7 Å². The number of carbonyl (C=O) groups is 2. The second kappa shape index (κ2) is 9.96. The lowest BCUT2D eigenvalue weighted by molar-refractivity contribution is -0.123. The largest absolute Gasteiger partial charge is 0.405 e. The Morgan fingerprint density at radius 1 is 1.07 bits per heavy atom. The molecule has 0 bridgehead atoms. The van der Waals surface area contributed by atoms with E-state index < -0.39 is 18.6 Å². The minimum Gasteiger partial charge on any atom is -0.343 e. The average Bonchev–Trinajstić information content (AvgIpc) is 2.64. The van der Waals surface area contributed by atoms with Gasteiger partial charge in [0, 0.05) is 24.1 Å². The maximum absolute atomic E-state index is 12.2. The highest BCUT2D eigenvalue weighted by Crippen LogP contribution is 2.18. The number of hydrogen-bond donors (Lipinski definition) is 2. The van der Waals surface area contributed by atoms with E-state index in [2.05, 4.69) is 10.3 Å². The normalized spacial score (nSPS) is 11.1. The second-order valence-electron chi connectivity index (χ2n) is 5.52. The third-order valence-corrected chi connectivity index (χ3v) is 4.34. The van der Waals surface area contributed by atoms with Gasteiger partial charge in [0.2, 0.25) is 5.91 Å². The van der Waals surface area contributed by atoms with Crippen LogP contribution >= 0.6 is 11.8 Å². The fourth-order valence-corrected chi connectivity index (χ4v) is 2.96. The van der Waals surface area contributed by atoms with Crippen molar-refractivity contribution in [2.24, 2.45) is 0 Å². The standard InChI is InChI=1S/C18H18F3N3O2S/c19-18(20,21)12-23-17(26)14-6-1-2-7-15(14)24-16(25)8-10-27-11-13-5-3-4-9-22-13/h1-7,9H,8,10-12H2,(H,23,26)(H,24,25). The Bertz CT molecular complexity index is 770. The van der Waals surface area contributed by atoms with Crippen LogP contribution in [0.1, 0.15) is 22.5 Å². The van der Waals surface area contributed by atoms with Crippen molar-refractivity contribution in [2.45, 2.75) is 18.3 Å². The number of pyridine rings is 1. The number of aromatic nitrogens is 1. The molecule has 0 unspecified atom stereocenters. The van der Waals surface area contributed by atoms with Crippen LogP contribution in [0, 0.1) is 0 Å². The minimum atomic E-state index is -4.50. The maximum Gasteiger partial charge on any atom is 0.405 e. The van der Waals surface area contributed by atoms with E-state index in [0.29, 0.717) is 11.5 Å². The predicted molar refractivity (Wildman–Crippen MR) is 98.5 cm³/mol. The lowest BCUT2D eigenvalue weighted by Gasteiger charge is -2.12. The monoisotopic (exact) mass is 397 g/mol.